The molecule has 21 heavy (non-hydrogen) atoms. The topological polar surface area (TPSA) is 29.5 Å². The maximum atomic E-state index is 10.4. The molecule has 0 saturated heterocycles. The van der Waals surface area contributed by atoms with Crippen molar-refractivity contribution in [3.05, 3.63) is 59.1 Å². The monoisotopic (exact) mass is 300 g/mol. The highest BCUT2D eigenvalue weighted by Crippen LogP contribution is 2.31. The molecule has 2 aromatic carbocycles. The van der Waals surface area contributed by atoms with Gasteiger partial charge in [0.15, 0.2) is 5.60 Å². The predicted octanol–water partition coefficient (Wildman–Crippen LogP) is 4.75. The number of benzene rings is 2. The van der Waals surface area contributed by atoms with Gasteiger partial charge in [-0.3, -0.25) is 0 Å². The highest BCUT2D eigenvalue weighted by molar-refractivity contribution is 6.32. The third kappa shape index (κ3) is 3.58. The van der Waals surface area contributed by atoms with Gasteiger partial charge in [-0.2, -0.15) is 0 Å². The van der Waals surface area contributed by atoms with E-state index in [1.54, 1.807) is 36.4 Å². The fraction of sp³-hybridized carbons (Fsp3) is 0.222. The largest absolute Gasteiger partial charge is 0.456 e. The number of aliphatic hydroxyl groups is 1. The summed E-state index contributed by atoms with van der Waals surface area (Å²) in [4.78, 5) is 0. The van der Waals surface area contributed by atoms with Gasteiger partial charge >= 0.3 is 0 Å². The Kier molecular flexibility index (Phi) is 4.90. The minimum atomic E-state index is -1.22. The van der Waals surface area contributed by atoms with Gasteiger partial charge in [0.2, 0.25) is 0 Å². The van der Waals surface area contributed by atoms with Gasteiger partial charge in [0.05, 0.1) is 5.02 Å². The molecule has 0 aliphatic heterocycles. The van der Waals surface area contributed by atoms with Gasteiger partial charge in [-0.1, -0.05) is 55.1 Å². The van der Waals surface area contributed by atoms with Crippen molar-refractivity contribution >= 4 is 11.6 Å². The number of hydrogen-bond acceptors (Lipinski definition) is 2. The summed E-state index contributed by atoms with van der Waals surface area (Å²) in [6.45, 7) is 1.98. The second-order valence-electron chi connectivity index (χ2n) is 4.81. The van der Waals surface area contributed by atoms with E-state index in [9.17, 15) is 5.11 Å². The van der Waals surface area contributed by atoms with E-state index in [-0.39, 0.29) is 0 Å². The second kappa shape index (κ2) is 6.67. The van der Waals surface area contributed by atoms with Crippen LogP contribution in [0.15, 0.2) is 48.5 Å². The fourth-order valence-electron chi connectivity index (χ4n) is 2.11. The summed E-state index contributed by atoms with van der Waals surface area (Å²) in [5.41, 5.74) is -0.532. The Hall–Kier alpha value is -1.95. The molecular formula is C18H17ClO2. The molecule has 0 aliphatic carbocycles. The Balaban J connectivity index is 2.20. The van der Waals surface area contributed by atoms with Crippen molar-refractivity contribution in [3.8, 4) is 23.8 Å². The van der Waals surface area contributed by atoms with Crippen LogP contribution in [0.1, 0.15) is 25.3 Å². The number of halogens is 1. The van der Waals surface area contributed by atoms with Crippen molar-refractivity contribution < 1.29 is 9.84 Å². The van der Waals surface area contributed by atoms with E-state index in [0.717, 1.165) is 6.42 Å². The third-order valence-electron chi connectivity index (χ3n) is 3.25. The Morgan fingerprint density at radius 1 is 1.19 bits per heavy atom. The van der Waals surface area contributed by atoms with Crippen LogP contribution >= 0.6 is 11.6 Å². The lowest BCUT2D eigenvalue weighted by atomic mass is 9.90. The summed E-state index contributed by atoms with van der Waals surface area (Å²) >= 11 is 6.05. The average molecular weight is 301 g/mol. The van der Waals surface area contributed by atoms with Crippen LogP contribution in [-0.4, -0.2) is 5.11 Å². The van der Waals surface area contributed by atoms with E-state index < -0.39 is 5.60 Å². The van der Waals surface area contributed by atoms with Crippen LogP contribution < -0.4 is 4.74 Å². The van der Waals surface area contributed by atoms with Crippen LogP contribution in [0.3, 0.4) is 0 Å². The van der Waals surface area contributed by atoms with Crippen molar-refractivity contribution in [2.24, 2.45) is 0 Å². The van der Waals surface area contributed by atoms with Crippen LogP contribution in [0.2, 0.25) is 5.02 Å². The van der Waals surface area contributed by atoms with E-state index in [1.165, 1.54) is 0 Å². The molecule has 1 unspecified atom stereocenters. The molecule has 108 valence electrons. The van der Waals surface area contributed by atoms with Crippen molar-refractivity contribution in [1.29, 1.82) is 0 Å². The van der Waals surface area contributed by atoms with E-state index in [1.807, 2.05) is 19.1 Å². The van der Waals surface area contributed by atoms with Crippen molar-refractivity contribution in [3.63, 3.8) is 0 Å². The van der Waals surface area contributed by atoms with Crippen LogP contribution in [0, 0.1) is 12.3 Å². The fourth-order valence-corrected chi connectivity index (χ4v) is 2.29. The minimum Gasteiger partial charge on any atom is -0.456 e. The predicted molar refractivity (Wildman–Crippen MR) is 85.6 cm³/mol. The van der Waals surface area contributed by atoms with Crippen molar-refractivity contribution in [2.75, 3.05) is 0 Å². The number of ether oxygens (including phenoxy) is 1. The Morgan fingerprint density at radius 2 is 1.86 bits per heavy atom. The zero-order valence-electron chi connectivity index (χ0n) is 11.8. The minimum absolute atomic E-state index is 0.522. The van der Waals surface area contributed by atoms with Crippen LogP contribution in [-0.2, 0) is 5.60 Å². The maximum absolute atomic E-state index is 10.4. The standard InChI is InChI=1S/C18H17ClO2/c1-3-13-18(20,4-2)14-9-11-15(12-10-14)21-17-8-6-5-7-16(17)19/h2,5-12,20H,3,13H2,1H3. The second-order valence-corrected chi connectivity index (χ2v) is 5.22. The molecule has 0 fully saturated rings. The Labute approximate surface area is 130 Å². The van der Waals surface area contributed by atoms with Gasteiger partial charge in [0, 0.05) is 0 Å². The maximum Gasteiger partial charge on any atom is 0.150 e. The molecule has 0 heterocycles. The number of para-hydroxylation sites is 1. The van der Waals surface area contributed by atoms with Crippen molar-refractivity contribution in [1.82, 2.24) is 0 Å². The summed E-state index contributed by atoms with van der Waals surface area (Å²) < 4.78 is 5.71. The molecule has 1 atom stereocenters. The highest BCUT2D eigenvalue weighted by Gasteiger charge is 2.25. The Bertz CT molecular complexity index is 643. The van der Waals surface area contributed by atoms with E-state index in [2.05, 4.69) is 5.92 Å². The normalized spacial score (nSPS) is 13.2. The molecule has 0 amide bonds. The van der Waals surface area contributed by atoms with Gasteiger partial charge in [-0.25, -0.2) is 0 Å². The van der Waals surface area contributed by atoms with Gasteiger partial charge in [0.25, 0.3) is 0 Å². The number of rotatable bonds is 5. The van der Waals surface area contributed by atoms with Crippen LogP contribution in [0.25, 0.3) is 0 Å². The molecule has 1 N–H and O–H groups in total. The molecule has 0 aromatic heterocycles. The molecule has 2 rings (SSSR count). The molecule has 0 bridgehead atoms. The molecular weight excluding hydrogens is 284 g/mol. The van der Waals surface area contributed by atoms with E-state index in [4.69, 9.17) is 22.8 Å². The highest BCUT2D eigenvalue weighted by atomic mass is 35.5. The van der Waals surface area contributed by atoms with E-state index in [0.29, 0.717) is 28.5 Å². The first kappa shape index (κ1) is 15.4. The summed E-state index contributed by atoms with van der Waals surface area (Å²) in [7, 11) is 0. The lowest BCUT2D eigenvalue weighted by Gasteiger charge is -2.22. The quantitative estimate of drug-likeness (QED) is 0.807. The first-order valence-electron chi connectivity index (χ1n) is 6.82. The zero-order valence-corrected chi connectivity index (χ0v) is 12.6. The lowest BCUT2D eigenvalue weighted by molar-refractivity contribution is 0.0895. The summed E-state index contributed by atoms with van der Waals surface area (Å²) in [6.07, 6.45) is 6.78. The third-order valence-corrected chi connectivity index (χ3v) is 3.56. The first-order valence-corrected chi connectivity index (χ1v) is 7.20. The van der Waals surface area contributed by atoms with Crippen LogP contribution in [0.5, 0.6) is 11.5 Å². The number of terminal acetylenes is 1. The molecule has 3 heteroatoms. The Morgan fingerprint density at radius 3 is 2.43 bits per heavy atom. The van der Waals surface area contributed by atoms with Gasteiger partial charge < -0.3 is 9.84 Å². The van der Waals surface area contributed by atoms with E-state index >= 15 is 0 Å². The smallest absolute Gasteiger partial charge is 0.150 e. The van der Waals surface area contributed by atoms with Gasteiger partial charge in [-0.15, -0.1) is 6.42 Å². The molecule has 2 aromatic rings. The summed E-state index contributed by atoms with van der Waals surface area (Å²) in [6, 6.07) is 14.4. The lowest BCUT2D eigenvalue weighted by Crippen LogP contribution is -2.22. The van der Waals surface area contributed by atoms with Crippen molar-refractivity contribution in [2.45, 2.75) is 25.4 Å². The summed E-state index contributed by atoms with van der Waals surface area (Å²) in [5, 5.41) is 11.0. The average Bonchev–Trinajstić information content (AvgIpc) is 2.50. The number of hydrogen-bond donors (Lipinski definition) is 1. The van der Waals surface area contributed by atoms with Gasteiger partial charge in [-0.05, 0) is 36.2 Å². The molecule has 2 nitrogen and oxygen atoms in total. The summed E-state index contributed by atoms with van der Waals surface area (Å²) in [5.74, 6) is 3.70. The molecule has 0 spiro atoms. The van der Waals surface area contributed by atoms with Gasteiger partial charge in [0.1, 0.15) is 11.5 Å². The first-order chi connectivity index (χ1) is 10.1. The molecule has 0 radical (unpaired) electrons. The van der Waals surface area contributed by atoms with Crippen LogP contribution in [0.4, 0.5) is 0 Å². The molecule has 0 aliphatic rings. The molecule has 0 saturated carbocycles. The zero-order chi connectivity index (χ0) is 15.3. The SMILES string of the molecule is C#CC(O)(CCC)c1ccc(Oc2ccccc2Cl)cc1.